The molecule has 0 aromatic rings. The van der Waals surface area contributed by atoms with Gasteiger partial charge in [0.2, 0.25) is 0 Å². The maximum Gasteiger partial charge on any atom is 0.322 e. The lowest BCUT2D eigenvalue weighted by molar-refractivity contribution is -0.203. The van der Waals surface area contributed by atoms with Gasteiger partial charge < -0.3 is 28.8 Å². The third kappa shape index (κ3) is 9.36. The van der Waals surface area contributed by atoms with Gasteiger partial charge in [0.15, 0.2) is 24.4 Å². The van der Waals surface area contributed by atoms with E-state index in [1.165, 1.54) is 0 Å². The Kier molecular flexibility index (Phi) is 11.0. The van der Waals surface area contributed by atoms with Gasteiger partial charge in [-0.15, -0.1) is 11.8 Å². The third-order valence-corrected chi connectivity index (χ3v) is 6.19. The standard InChI is InChI=1S/C21H31NO12S/c1-9(23)30-8-14(31-10(2)24)15(32-11(3)25)16(33-12(4)26)17(34-13(5)27)19-22-18(20(28)29)21(6,7)35-19/h14-19,22H,8H2,1-7H3,(H,28,29)/t14-,15-,16-,17-,18+,19-/m0/s1. The number of hydrogen-bond donors (Lipinski definition) is 2. The monoisotopic (exact) mass is 521 g/mol. The highest BCUT2D eigenvalue weighted by Crippen LogP contribution is 2.41. The molecule has 0 amide bonds. The van der Waals surface area contributed by atoms with Gasteiger partial charge in [-0.2, -0.15) is 0 Å². The van der Waals surface area contributed by atoms with Gasteiger partial charge >= 0.3 is 35.8 Å². The number of aliphatic carboxylic acids is 1. The normalized spacial score (nSPS) is 22.0. The molecule has 0 unspecified atom stereocenters. The minimum Gasteiger partial charge on any atom is -0.480 e. The summed E-state index contributed by atoms with van der Waals surface area (Å²) in [5, 5.41) is 11.5. The van der Waals surface area contributed by atoms with Gasteiger partial charge in [0.1, 0.15) is 12.6 Å². The van der Waals surface area contributed by atoms with Crippen molar-refractivity contribution in [2.45, 2.75) is 89.0 Å². The Labute approximate surface area is 206 Å². The van der Waals surface area contributed by atoms with Crippen molar-refractivity contribution in [3.63, 3.8) is 0 Å². The second kappa shape index (κ2) is 12.7. The van der Waals surface area contributed by atoms with E-state index in [4.69, 9.17) is 23.7 Å². The molecule has 0 aliphatic carbocycles. The van der Waals surface area contributed by atoms with Crippen molar-refractivity contribution in [1.29, 1.82) is 0 Å². The van der Waals surface area contributed by atoms with Crippen LogP contribution in [0.2, 0.25) is 0 Å². The first-order chi connectivity index (χ1) is 16.0. The number of thioether (sulfide) groups is 1. The molecule has 35 heavy (non-hydrogen) atoms. The Balaban J connectivity index is 3.59. The van der Waals surface area contributed by atoms with Crippen molar-refractivity contribution < 1.29 is 57.6 Å². The molecule has 0 bridgehead atoms. The van der Waals surface area contributed by atoms with Gasteiger partial charge in [0.25, 0.3) is 0 Å². The molecule has 2 N–H and O–H groups in total. The van der Waals surface area contributed by atoms with Crippen LogP contribution >= 0.6 is 11.8 Å². The van der Waals surface area contributed by atoms with E-state index in [1.807, 2.05) is 0 Å². The Hall–Kier alpha value is -2.87. The maximum absolute atomic E-state index is 12.0. The highest BCUT2D eigenvalue weighted by Gasteiger charge is 2.54. The van der Waals surface area contributed by atoms with Gasteiger partial charge in [0.05, 0.1) is 5.37 Å². The first kappa shape index (κ1) is 30.2. The molecule has 1 fully saturated rings. The molecule has 13 nitrogen and oxygen atoms in total. The van der Waals surface area contributed by atoms with Gasteiger partial charge in [-0.3, -0.25) is 34.1 Å². The molecule has 1 aliphatic rings. The summed E-state index contributed by atoms with van der Waals surface area (Å²) in [6, 6.07) is -1.08. The molecule has 0 spiro atoms. The van der Waals surface area contributed by atoms with E-state index in [9.17, 15) is 33.9 Å². The van der Waals surface area contributed by atoms with Gasteiger partial charge in [-0.05, 0) is 13.8 Å². The summed E-state index contributed by atoms with van der Waals surface area (Å²) >= 11 is 1.10. The van der Waals surface area contributed by atoms with Crippen LogP contribution in [-0.2, 0) is 52.5 Å². The van der Waals surface area contributed by atoms with Crippen molar-refractivity contribution in [3.05, 3.63) is 0 Å². The molecule has 14 heteroatoms. The average Bonchev–Trinajstić information content (AvgIpc) is 3.00. The zero-order valence-electron chi connectivity index (χ0n) is 20.5. The summed E-state index contributed by atoms with van der Waals surface area (Å²) in [5.74, 6) is -5.27. The smallest absolute Gasteiger partial charge is 0.322 e. The molecule has 1 aliphatic heterocycles. The van der Waals surface area contributed by atoms with Crippen molar-refractivity contribution in [3.8, 4) is 0 Å². The summed E-state index contributed by atoms with van der Waals surface area (Å²) in [6.45, 7) is 8.07. The predicted molar refractivity (Wildman–Crippen MR) is 119 cm³/mol. The molecule has 1 saturated heterocycles. The van der Waals surface area contributed by atoms with Crippen molar-refractivity contribution in [2.24, 2.45) is 0 Å². The lowest BCUT2D eigenvalue weighted by atomic mass is 10.00. The van der Waals surface area contributed by atoms with Crippen LogP contribution in [-0.4, -0.2) is 88.1 Å². The molecule has 198 valence electrons. The highest BCUT2D eigenvalue weighted by molar-refractivity contribution is 8.01. The van der Waals surface area contributed by atoms with Crippen LogP contribution in [0.5, 0.6) is 0 Å². The van der Waals surface area contributed by atoms with Crippen LogP contribution in [0.25, 0.3) is 0 Å². The summed E-state index contributed by atoms with van der Waals surface area (Å²) in [6.07, 6.45) is -6.06. The van der Waals surface area contributed by atoms with Crippen LogP contribution in [0.15, 0.2) is 0 Å². The second-order valence-electron chi connectivity index (χ2n) is 8.25. The molecule has 0 aromatic carbocycles. The number of carboxylic acids is 1. The van der Waals surface area contributed by atoms with E-state index >= 15 is 0 Å². The van der Waals surface area contributed by atoms with E-state index in [0.29, 0.717) is 0 Å². The zero-order chi connectivity index (χ0) is 27.1. The molecule has 1 heterocycles. The summed E-state index contributed by atoms with van der Waals surface area (Å²) in [7, 11) is 0. The van der Waals surface area contributed by atoms with Crippen LogP contribution in [0.3, 0.4) is 0 Å². The minimum absolute atomic E-state index is 0.577. The number of ether oxygens (including phenoxy) is 5. The summed E-state index contributed by atoms with van der Waals surface area (Å²) in [5.41, 5.74) is 0. The molecule has 6 atom stereocenters. The number of esters is 5. The number of nitrogens with one attached hydrogen (secondary N) is 1. The summed E-state index contributed by atoms with van der Waals surface area (Å²) < 4.78 is 25.4. The molecule has 1 rings (SSSR count). The quantitative estimate of drug-likeness (QED) is 0.277. The summed E-state index contributed by atoms with van der Waals surface area (Å²) in [4.78, 5) is 70.9. The Morgan fingerprint density at radius 2 is 1.29 bits per heavy atom. The number of hydrogen-bond acceptors (Lipinski definition) is 13. The molecule has 0 aromatic heterocycles. The van der Waals surface area contributed by atoms with E-state index in [2.05, 4.69) is 5.32 Å². The third-order valence-electron chi connectivity index (χ3n) is 4.69. The molecular formula is C21H31NO12S. The van der Waals surface area contributed by atoms with Crippen LogP contribution < -0.4 is 5.32 Å². The van der Waals surface area contributed by atoms with Crippen molar-refractivity contribution in [1.82, 2.24) is 5.32 Å². The topological polar surface area (TPSA) is 181 Å². The van der Waals surface area contributed by atoms with Crippen LogP contribution in [0.4, 0.5) is 0 Å². The van der Waals surface area contributed by atoms with E-state index in [0.717, 1.165) is 46.4 Å². The Bertz CT molecular complexity index is 844. The lowest BCUT2D eigenvalue weighted by Gasteiger charge is -2.37. The van der Waals surface area contributed by atoms with Gasteiger partial charge in [0, 0.05) is 39.4 Å². The van der Waals surface area contributed by atoms with Gasteiger partial charge in [-0.1, -0.05) is 0 Å². The largest absolute Gasteiger partial charge is 0.480 e. The first-order valence-electron chi connectivity index (χ1n) is 10.5. The van der Waals surface area contributed by atoms with E-state index in [-0.39, 0.29) is 0 Å². The molecule has 0 saturated carbocycles. The lowest BCUT2D eigenvalue weighted by Crippen LogP contribution is -2.58. The number of carbonyl (C=O) groups is 6. The fourth-order valence-electron chi connectivity index (χ4n) is 3.49. The fourth-order valence-corrected chi connectivity index (χ4v) is 4.99. The number of carbonyl (C=O) groups excluding carboxylic acids is 5. The fraction of sp³-hybridized carbons (Fsp3) is 0.714. The first-order valence-corrected chi connectivity index (χ1v) is 11.4. The number of rotatable bonds is 11. The Morgan fingerprint density at radius 1 is 0.800 bits per heavy atom. The van der Waals surface area contributed by atoms with Crippen LogP contribution in [0.1, 0.15) is 48.5 Å². The van der Waals surface area contributed by atoms with E-state index < -0.39 is 83.0 Å². The van der Waals surface area contributed by atoms with E-state index in [1.54, 1.807) is 13.8 Å². The van der Waals surface area contributed by atoms with Crippen molar-refractivity contribution in [2.75, 3.05) is 6.61 Å². The average molecular weight is 522 g/mol. The molecular weight excluding hydrogens is 490 g/mol. The minimum atomic E-state index is -1.60. The van der Waals surface area contributed by atoms with Gasteiger partial charge in [-0.25, -0.2) is 0 Å². The SMILES string of the molecule is CC(=O)OC[C@H](OC(C)=O)[C@H](OC(C)=O)[C@H](OC(C)=O)[C@H](OC(C)=O)[C@H]1N[C@H](C(=O)O)C(C)(C)S1. The highest BCUT2D eigenvalue weighted by atomic mass is 32.2. The number of carboxylic acid groups (broad SMARTS) is 1. The zero-order valence-corrected chi connectivity index (χ0v) is 21.3. The Morgan fingerprint density at radius 3 is 1.69 bits per heavy atom. The van der Waals surface area contributed by atoms with Crippen molar-refractivity contribution >= 4 is 47.6 Å². The predicted octanol–water partition coefficient (Wildman–Crippen LogP) is 0.171. The van der Waals surface area contributed by atoms with Crippen LogP contribution in [0, 0.1) is 0 Å². The second-order valence-corrected chi connectivity index (χ2v) is 10.0. The molecule has 0 radical (unpaired) electrons. The maximum atomic E-state index is 12.0.